The van der Waals surface area contributed by atoms with E-state index in [2.05, 4.69) is 21.2 Å². The fourth-order valence-corrected chi connectivity index (χ4v) is 2.33. The quantitative estimate of drug-likeness (QED) is 0.761. The molecule has 0 spiro atoms. The standard InChI is InChI=1S/C15H10BrClF3NO2/c16-9-2-1-3-11(6-9)23-8-14(22)21-10-4-5-13(17)12(7-10)15(18,19)20/h1-7H,8H2,(H,21,22). The van der Waals surface area contributed by atoms with Gasteiger partial charge in [-0.3, -0.25) is 4.79 Å². The van der Waals surface area contributed by atoms with E-state index in [1.807, 2.05) is 0 Å². The Kier molecular flexibility index (Phi) is 5.54. The van der Waals surface area contributed by atoms with Gasteiger partial charge in [-0.15, -0.1) is 0 Å². The summed E-state index contributed by atoms with van der Waals surface area (Å²) >= 11 is 8.77. The van der Waals surface area contributed by atoms with Gasteiger partial charge in [-0.1, -0.05) is 33.6 Å². The van der Waals surface area contributed by atoms with E-state index in [0.29, 0.717) is 5.75 Å². The molecule has 0 aliphatic rings. The molecule has 8 heteroatoms. The lowest BCUT2D eigenvalue weighted by Gasteiger charge is -2.12. The lowest BCUT2D eigenvalue weighted by atomic mass is 10.2. The minimum atomic E-state index is -4.59. The van der Waals surface area contributed by atoms with Crippen LogP contribution in [0.15, 0.2) is 46.9 Å². The molecule has 0 heterocycles. The van der Waals surface area contributed by atoms with Crippen LogP contribution < -0.4 is 10.1 Å². The largest absolute Gasteiger partial charge is 0.484 e. The van der Waals surface area contributed by atoms with Gasteiger partial charge in [-0.25, -0.2) is 0 Å². The fourth-order valence-electron chi connectivity index (χ4n) is 1.72. The SMILES string of the molecule is O=C(COc1cccc(Br)c1)Nc1ccc(Cl)c(C(F)(F)F)c1. The Labute approximate surface area is 143 Å². The van der Waals surface area contributed by atoms with Crippen molar-refractivity contribution in [3.8, 4) is 5.75 Å². The summed E-state index contributed by atoms with van der Waals surface area (Å²) in [5, 5.41) is 1.90. The minimum Gasteiger partial charge on any atom is -0.484 e. The first-order valence-corrected chi connectivity index (χ1v) is 7.48. The molecule has 0 saturated heterocycles. The molecule has 122 valence electrons. The Morgan fingerprint density at radius 2 is 1.96 bits per heavy atom. The van der Waals surface area contributed by atoms with Gasteiger partial charge >= 0.3 is 6.18 Å². The van der Waals surface area contributed by atoms with Gasteiger partial charge in [0.2, 0.25) is 0 Å². The van der Waals surface area contributed by atoms with Crippen molar-refractivity contribution < 1.29 is 22.7 Å². The number of carbonyl (C=O) groups is 1. The smallest absolute Gasteiger partial charge is 0.417 e. The van der Waals surface area contributed by atoms with E-state index >= 15 is 0 Å². The summed E-state index contributed by atoms with van der Waals surface area (Å²) in [6.07, 6.45) is -4.59. The highest BCUT2D eigenvalue weighted by molar-refractivity contribution is 9.10. The van der Waals surface area contributed by atoms with E-state index in [9.17, 15) is 18.0 Å². The van der Waals surface area contributed by atoms with Gasteiger partial charge < -0.3 is 10.1 Å². The summed E-state index contributed by atoms with van der Waals surface area (Å²) in [6.45, 7) is -0.333. The highest BCUT2D eigenvalue weighted by atomic mass is 79.9. The highest BCUT2D eigenvalue weighted by Crippen LogP contribution is 2.36. The maximum Gasteiger partial charge on any atom is 0.417 e. The van der Waals surface area contributed by atoms with Crippen LogP contribution in [0, 0.1) is 0 Å². The number of halogens is 5. The maximum absolute atomic E-state index is 12.7. The normalized spacial score (nSPS) is 11.2. The molecule has 0 fully saturated rings. The molecule has 0 aromatic heterocycles. The first kappa shape index (κ1) is 17.6. The molecule has 0 unspecified atom stereocenters. The van der Waals surface area contributed by atoms with Crippen molar-refractivity contribution in [3.63, 3.8) is 0 Å². The zero-order valence-electron chi connectivity index (χ0n) is 11.5. The molecule has 23 heavy (non-hydrogen) atoms. The number of anilines is 1. The molecular formula is C15H10BrClF3NO2. The van der Waals surface area contributed by atoms with Crippen molar-refractivity contribution in [1.29, 1.82) is 0 Å². The van der Waals surface area contributed by atoms with Crippen LogP contribution in [0.1, 0.15) is 5.56 Å². The number of carbonyl (C=O) groups excluding carboxylic acids is 1. The number of hydrogen-bond donors (Lipinski definition) is 1. The van der Waals surface area contributed by atoms with E-state index in [1.165, 1.54) is 6.07 Å². The number of rotatable bonds is 4. The fraction of sp³-hybridized carbons (Fsp3) is 0.133. The lowest BCUT2D eigenvalue weighted by Crippen LogP contribution is -2.20. The first-order chi connectivity index (χ1) is 10.8. The predicted molar refractivity (Wildman–Crippen MR) is 84.7 cm³/mol. The van der Waals surface area contributed by atoms with Crippen LogP contribution in [0.3, 0.4) is 0 Å². The number of hydrogen-bond acceptors (Lipinski definition) is 2. The third-order valence-corrected chi connectivity index (χ3v) is 3.54. The second-order valence-corrected chi connectivity index (χ2v) is 5.81. The summed E-state index contributed by atoms with van der Waals surface area (Å²) in [6, 6.07) is 9.98. The number of amides is 1. The maximum atomic E-state index is 12.7. The summed E-state index contributed by atoms with van der Waals surface area (Å²) in [5.74, 6) is -0.123. The third kappa shape index (κ3) is 5.14. The zero-order valence-corrected chi connectivity index (χ0v) is 13.8. The molecule has 2 aromatic rings. The van der Waals surface area contributed by atoms with Gasteiger partial charge in [0.15, 0.2) is 6.61 Å². The highest BCUT2D eigenvalue weighted by Gasteiger charge is 2.33. The average molecular weight is 409 g/mol. The molecule has 0 aliphatic heterocycles. The Balaban J connectivity index is 2.00. The van der Waals surface area contributed by atoms with E-state index in [-0.39, 0.29) is 12.3 Å². The second-order valence-electron chi connectivity index (χ2n) is 4.49. The number of alkyl halides is 3. The van der Waals surface area contributed by atoms with Crippen molar-refractivity contribution in [2.75, 3.05) is 11.9 Å². The van der Waals surface area contributed by atoms with Crippen LogP contribution in [-0.4, -0.2) is 12.5 Å². The predicted octanol–water partition coefficient (Wildman–Crippen LogP) is 5.14. The van der Waals surface area contributed by atoms with Gasteiger partial charge in [-0.2, -0.15) is 13.2 Å². The molecule has 3 nitrogen and oxygen atoms in total. The van der Waals surface area contributed by atoms with Crippen molar-refractivity contribution in [3.05, 3.63) is 57.5 Å². The molecular weight excluding hydrogens is 399 g/mol. The van der Waals surface area contributed by atoms with E-state index < -0.39 is 22.7 Å². The first-order valence-electron chi connectivity index (χ1n) is 6.30. The molecule has 0 radical (unpaired) electrons. The molecule has 1 N–H and O–H groups in total. The van der Waals surface area contributed by atoms with Crippen LogP contribution in [0.4, 0.5) is 18.9 Å². The van der Waals surface area contributed by atoms with Crippen LogP contribution in [0.25, 0.3) is 0 Å². The molecule has 0 saturated carbocycles. The van der Waals surface area contributed by atoms with Crippen LogP contribution in [0.2, 0.25) is 5.02 Å². The third-order valence-electron chi connectivity index (χ3n) is 2.72. The summed E-state index contributed by atoms with van der Waals surface area (Å²) in [5.41, 5.74) is -1.02. The van der Waals surface area contributed by atoms with Crippen LogP contribution in [-0.2, 0) is 11.0 Å². The Hall–Kier alpha value is -1.73. The monoisotopic (exact) mass is 407 g/mol. The van der Waals surface area contributed by atoms with Crippen molar-refractivity contribution in [2.45, 2.75) is 6.18 Å². The molecule has 0 aliphatic carbocycles. The van der Waals surface area contributed by atoms with Crippen LogP contribution in [0.5, 0.6) is 5.75 Å². The van der Waals surface area contributed by atoms with Gasteiger partial charge in [0.25, 0.3) is 5.91 Å². The zero-order chi connectivity index (χ0) is 17.0. The van der Waals surface area contributed by atoms with E-state index in [4.69, 9.17) is 16.3 Å². The summed E-state index contributed by atoms with van der Waals surface area (Å²) in [7, 11) is 0. The van der Waals surface area contributed by atoms with Gasteiger partial charge in [0.1, 0.15) is 5.75 Å². The van der Waals surface area contributed by atoms with Crippen LogP contribution >= 0.6 is 27.5 Å². The summed E-state index contributed by atoms with van der Waals surface area (Å²) in [4.78, 5) is 11.8. The molecule has 0 bridgehead atoms. The Morgan fingerprint density at radius 1 is 1.22 bits per heavy atom. The average Bonchev–Trinajstić information content (AvgIpc) is 2.46. The van der Waals surface area contributed by atoms with Gasteiger partial charge in [0, 0.05) is 10.2 Å². The molecule has 2 rings (SSSR count). The molecule has 2 aromatic carbocycles. The number of benzene rings is 2. The van der Waals surface area contributed by atoms with Crippen molar-refractivity contribution in [2.24, 2.45) is 0 Å². The Bertz CT molecular complexity index is 722. The van der Waals surface area contributed by atoms with E-state index in [0.717, 1.165) is 16.6 Å². The van der Waals surface area contributed by atoms with E-state index in [1.54, 1.807) is 24.3 Å². The molecule has 0 atom stereocenters. The van der Waals surface area contributed by atoms with Crippen molar-refractivity contribution in [1.82, 2.24) is 0 Å². The topological polar surface area (TPSA) is 38.3 Å². The van der Waals surface area contributed by atoms with Gasteiger partial charge in [0.05, 0.1) is 10.6 Å². The molecule has 1 amide bonds. The number of ether oxygens (including phenoxy) is 1. The Morgan fingerprint density at radius 3 is 2.61 bits per heavy atom. The number of nitrogens with one attached hydrogen (secondary N) is 1. The second kappa shape index (κ2) is 7.23. The van der Waals surface area contributed by atoms with Gasteiger partial charge in [-0.05, 0) is 36.4 Å². The summed E-state index contributed by atoms with van der Waals surface area (Å²) < 4.78 is 44.3. The minimum absolute atomic E-state index is 0.00966. The van der Waals surface area contributed by atoms with Crippen molar-refractivity contribution >= 4 is 39.1 Å². The lowest BCUT2D eigenvalue weighted by molar-refractivity contribution is -0.137.